The molecule has 1 aliphatic rings. The maximum atomic E-state index is 13.2. The van der Waals surface area contributed by atoms with Crippen LogP contribution < -0.4 is 9.47 Å². The first-order valence-corrected chi connectivity index (χ1v) is 12.0. The van der Waals surface area contributed by atoms with Crippen molar-refractivity contribution in [1.29, 1.82) is 0 Å². The third-order valence-corrected chi connectivity index (χ3v) is 5.91. The Kier molecular flexibility index (Phi) is 8.21. The average Bonchev–Trinajstić information content (AvgIpc) is 2.83. The Morgan fingerprint density at radius 3 is 2.62 bits per heavy atom. The zero-order chi connectivity index (χ0) is 23.8. The molecule has 0 saturated heterocycles. The second kappa shape index (κ2) is 11.7. The molecule has 1 aliphatic heterocycles. The molecule has 3 aromatic carbocycles. The van der Waals surface area contributed by atoms with Crippen LogP contribution in [0.5, 0.6) is 11.5 Å². The summed E-state index contributed by atoms with van der Waals surface area (Å²) in [6.45, 7) is 7.22. The third-order valence-electron chi connectivity index (χ3n) is 5.91. The Morgan fingerprint density at radius 2 is 1.79 bits per heavy atom. The Labute approximate surface area is 202 Å². The Bertz CT molecular complexity index is 1090. The molecule has 0 aromatic heterocycles. The summed E-state index contributed by atoms with van der Waals surface area (Å²) in [5.74, 6) is 1.81. The topological polar surface area (TPSA) is 48.0 Å². The van der Waals surface area contributed by atoms with Crippen molar-refractivity contribution in [2.24, 2.45) is 0 Å². The highest BCUT2D eigenvalue weighted by atomic mass is 16.5. The molecular weight excluding hydrogens is 426 g/mol. The molecule has 0 N–H and O–H groups in total. The molecule has 0 radical (unpaired) electrons. The number of aryl methyl sites for hydroxylation is 1. The van der Waals surface area contributed by atoms with Crippen LogP contribution in [-0.4, -0.2) is 43.8 Å². The second-order valence-electron chi connectivity index (χ2n) is 8.64. The SMILES string of the molecule is CCOc1ccc(CC(=O)N2CCOCCOc3ccc(C)cc3Cc3cccc(c3)C2)cc1. The minimum atomic E-state index is 0.0856. The molecule has 0 atom stereocenters. The van der Waals surface area contributed by atoms with E-state index in [1.165, 1.54) is 11.1 Å². The molecule has 0 saturated carbocycles. The van der Waals surface area contributed by atoms with E-state index >= 15 is 0 Å². The monoisotopic (exact) mass is 459 g/mol. The molecule has 4 rings (SSSR count). The van der Waals surface area contributed by atoms with Crippen molar-refractivity contribution in [2.45, 2.75) is 33.2 Å². The minimum Gasteiger partial charge on any atom is -0.494 e. The van der Waals surface area contributed by atoms with E-state index in [9.17, 15) is 4.79 Å². The smallest absolute Gasteiger partial charge is 0.227 e. The lowest BCUT2D eigenvalue weighted by molar-refractivity contribution is -0.131. The van der Waals surface area contributed by atoms with Crippen LogP contribution in [0.2, 0.25) is 0 Å². The number of nitrogens with zero attached hydrogens (tertiary/aromatic N) is 1. The summed E-state index contributed by atoms with van der Waals surface area (Å²) >= 11 is 0. The summed E-state index contributed by atoms with van der Waals surface area (Å²) in [6, 6.07) is 22.5. The fraction of sp³-hybridized carbons (Fsp3) is 0.345. The molecule has 5 nitrogen and oxygen atoms in total. The Morgan fingerprint density at radius 1 is 0.971 bits per heavy atom. The van der Waals surface area contributed by atoms with Gasteiger partial charge in [-0.15, -0.1) is 0 Å². The van der Waals surface area contributed by atoms with E-state index in [1.807, 2.05) is 42.2 Å². The summed E-state index contributed by atoms with van der Waals surface area (Å²) in [6.07, 6.45) is 1.13. The van der Waals surface area contributed by atoms with Gasteiger partial charge in [0, 0.05) is 19.5 Å². The van der Waals surface area contributed by atoms with Gasteiger partial charge >= 0.3 is 0 Å². The van der Waals surface area contributed by atoms with Crippen molar-refractivity contribution in [1.82, 2.24) is 4.90 Å². The zero-order valence-electron chi connectivity index (χ0n) is 20.1. The number of hydrogen-bond donors (Lipinski definition) is 0. The van der Waals surface area contributed by atoms with Crippen LogP contribution in [0, 0.1) is 6.92 Å². The number of carbonyl (C=O) groups excluding carboxylic acids is 1. The van der Waals surface area contributed by atoms with Crippen LogP contribution in [0.1, 0.15) is 34.7 Å². The number of amides is 1. The number of carbonyl (C=O) groups is 1. The van der Waals surface area contributed by atoms with Gasteiger partial charge in [-0.3, -0.25) is 4.79 Å². The molecule has 1 heterocycles. The number of rotatable bonds is 4. The summed E-state index contributed by atoms with van der Waals surface area (Å²) in [7, 11) is 0. The van der Waals surface area contributed by atoms with Crippen molar-refractivity contribution in [3.05, 3.63) is 94.5 Å². The number of ether oxygens (including phenoxy) is 3. The largest absolute Gasteiger partial charge is 0.494 e. The number of hydrogen-bond acceptors (Lipinski definition) is 4. The first-order valence-electron chi connectivity index (χ1n) is 12.0. The van der Waals surface area contributed by atoms with Crippen molar-refractivity contribution < 1.29 is 19.0 Å². The van der Waals surface area contributed by atoms with Gasteiger partial charge in [0.2, 0.25) is 5.91 Å². The van der Waals surface area contributed by atoms with E-state index in [1.54, 1.807) is 0 Å². The first kappa shape index (κ1) is 23.8. The van der Waals surface area contributed by atoms with Crippen molar-refractivity contribution in [2.75, 3.05) is 33.0 Å². The average molecular weight is 460 g/mol. The number of benzene rings is 3. The second-order valence-corrected chi connectivity index (χ2v) is 8.64. The maximum Gasteiger partial charge on any atom is 0.227 e. The van der Waals surface area contributed by atoms with Gasteiger partial charge in [-0.25, -0.2) is 0 Å². The molecule has 0 aliphatic carbocycles. The summed E-state index contributed by atoms with van der Waals surface area (Å²) in [5, 5.41) is 0. The van der Waals surface area contributed by atoms with E-state index in [4.69, 9.17) is 14.2 Å². The number of fused-ring (bicyclic) bond motifs is 3. The van der Waals surface area contributed by atoms with Crippen LogP contribution in [-0.2, 0) is 28.9 Å². The summed E-state index contributed by atoms with van der Waals surface area (Å²) in [4.78, 5) is 15.1. The van der Waals surface area contributed by atoms with E-state index in [0.29, 0.717) is 45.9 Å². The van der Waals surface area contributed by atoms with E-state index in [2.05, 4.69) is 43.3 Å². The van der Waals surface area contributed by atoms with Crippen LogP contribution in [0.4, 0.5) is 0 Å². The van der Waals surface area contributed by atoms with Gasteiger partial charge in [-0.1, -0.05) is 54.1 Å². The van der Waals surface area contributed by atoms with Crippen LogP contribution in [0.25, 0.3) is 0 Å². The lowest BCUT2D eigenvalue weighted by atomic mass is 10.00. The molecule has 0 unspecified atom stereocenters. The van der Waals surface area contributed by atoms with Crippen LogP contribution in [0.15, 0.2) is 66.7 Å². The van der Waals surface area contributed by atoms with Gasteiger partial charge in [0.05, 0.1) is 26.2 Å². The van der Waals surface area contributed by atoms with Crippen LogP contribution >= 0.6 is 0 Å². The Hall–Kier alpha value is -3.31. The standard InChI is InChI=1S/C29H33NO4/c1-3-33-27-10-8-23(9-11-27)20-29(31)30-13-14-32-15-16-34-28-12-7-22(2)17-26(28)19-24-5-4-6-25(18-24)21-30/h4-12,17-18H,3,13-16,19-21H2,1-2H3. The van der Waals surface area contributed by atoms with Gasteiger partial charge in [-0.2, -0.15) is 0 Å². The third kappa shape index (κ3) is 6.61. The molecular formula is C29H33NO4. The molecule has 2 bridgehead atoms. The zero-order valence-corrected chi connectivity index (χ0v) is 20.1. The fourth-order valence-corrected chi connectivity index (χ4v) is 4.20. The van der Waals surface area contributed by atoms with Crippen molar-refractivity contribution in [3.8, 4) is 11.5 Å². The van der Waals surface area contributed by atoms with Gasteiger partial charge in [-0.05, 0) is 54.3 Å². The van der Waals surface area contributed by atoms with E-state index < -0.39 is 0 Å². The van der Waals surface area contributed by atoms with Crippen molar-refractivity contribution in [3.63, 3.8) is 0 Å². The lowest BCUT2D eigenvalue weighted by Crippen LogP contribution is -2.35. The predicted octanol–water partition coefficient (Wildman–Crippen LogP) is 4.96. The molecule has 34 heavy (non-hydrogen) atoms. The molecule has 0 fully saturated rings. The normalized spacial score (nSPS) is 14.5. The van der Waals surface area contributed by atoms with Gasteiger partial charge in [0.25, 0.3) is 0 Å². The predicted molar refractivity (Wildman–Crippen MR) is 133 cm³/mol. The van der Waals surface area contributed by atoms with Gasteiger partial charge < -0.3 is 19.1 Å². The molecule has 178 valence electrons. The molecule has 1 amide bonds. The molecule has 3 aromatic rings. The summed E-state index contributed by atoms with van der Waals surface area (Å²) in [5.41, 5.74) is 5.67. The molecule has 0 spiro atoms. The van der Waals surface area contributed by atoms with Crippen LogP contribution in [0.3, 0.4) is 0 Å². The molecule has 5 heteroatoms. The first-order chi connectivity index (χ1) is 16.6. The highest BCUT2D eigenvalue weighted by molar-refractivity contribution is 5.78. The summed E-state index contributed by atoms with van der Waals surface area (Å²) < 4.78 is 17.3. The lowest BCUT2D eigenvalue weighted by Gasteiger charge is -2.24. The minimum absolute atomic E-state index is 0.0856. The van der Waals surface area contributed by atoms with Gasteiger partial charge in [0.1, 0.15) is 18.1 Å². The highest BCUT2D eigenvalue weighted by Gasteiger charge is 2.16. The van der Waals surface area contributed by atoms with Gasteiger partial charge in [0.15, 0.2) is 0 Å². The maximum absolute atomic E-state index is 13.2. The van der Waals surface area contributed by atoms with E-state index in [-0.39, 0.29) is 5.91 Å². The van der Waals surface area contributed by atoms with Crippen molar-refractivity contribution >= 4 is 5.91 Å². The Balaban J connectivity index is 1.52. The fourth-order valence-electron chi connectivity index (χ4n) is 4.20. The highest BCUT2D eigenvalue weighted by Crippen LogP contribution is 2.24. The van der Waals surface area contributed by atoms with E-state index in [0.717, 1.165) is 34.6 Å². The quantitative estimate of drug-likeness (QED) is 0.553.